The maximum Gasteiger partial charge on any atom is 0.291 e. The number of nitrogens with zero attached hydrogens (tertiary/aromatic N) is 3. The van der Waals surface area contributed by atoms with Crippen LogP contribution in [0.4, 0.5) is 8.78 Å². The molecule has 0 amide bonds. The molecular formula is C26H29F2N3O3. The van der Waals surface area contributed by atoms with E-state index in [9.17, 15) is 4.79 Å². The molecule has 2 aromatic carbocycles. The monoisotopic (exact) mass is 469 g/mol. The molecule has 2 aliphatic heterocycles. The Kier molecular flexibility index (Phi) is 6.79. The molecule has 2 heterocycles. The summed E-state index contributed by atoms with van der Waals surface area (Å²) in [5.74, 6) is -1.89. The highest BCUT2D eigenvalue weighted by Crippen LogP contribution is 2.49. The van der Waals surface area contributed by atoms with E-state index in [1.54, 1.807) is 24.3 Å². The number of likely N-dealkylation sites (tertiary alicyclic amines) is 1. The molecule has 1 saturated heterocycles. The Morgan fingerprint density at radius 2 is 1.85 bits per heavy atom. The first-order chi connectivity index (χ1) is 16.3. The Morgan fingerprint density at radius 1 is 1.18 bits per heavy atom. The molecule has 4 rings (SSSR count). The molecule has 6 nitrogen and oxygen atoms in total. The molecule has 0 saturated carbocycles. The maximum absolute atomic E-state index is 15.4. The molecule has 2 aromatic rings. The number of rotatable bonds is 6. The minimum atomic E-state index is -3.00. The van der Waals surface area contributed by atoms with Crippen LogP contribution in [0.1, 0.15) is 42.6 Å². The molecule has 1 fully saturated rings. The summed E-state index contributed by atoms with van der Waals surface area (Å²) in [5.41, 5.74) is 1.21. The van der Waals surface area contributed by atoms with Gasteiger partial charge < -0.3 is 9.57 Å². The smallest absolute Gasteiger partial charge is 0.291 e. The highest BCUT2D eigenvalue weighted by molar-refractivity contribution is 5.87. The van der Waals surface area contributed by atoms with Gasteiger partial charge in [-0.15, -0.1) is 0 Å². The predicted octanol–water partition coefficient (Wildman–Crippen LogP) is 5.22. The Bertz CT molecular complexity index is 1080. The first kappa shape index (κ1) is 24.0. The van der Waals surface area contributed by atoms with Gasteiger partial charge in [0.25, 0.3) is 5.92 Å². The van der Waals surface area contributed by atoms with Crippen molar-refractivity contribution >= 4 is 18.8 Å². The van der Waals surface area contributed by atoms with Crippen LogP contribution >= 0.6 is 0 Å². The summed E-state index contributed by atoms with van der Waals surface area (Å²) in [6.07, 6.45) is 0.791. The van der Waals surface area contributed by atoms with Gasteiger partial charge in [0.1, 0.15) is 12.0 Å². The number of oxime groups is 1. The van der Waals surface area contributed by atoms with Crippen molar-refractivity contribution in [3.05, 3.63) is 53.6 Å². The van der Waals surface area contributed by atoms with E-state index in [1.165, 1.54) is 0 Å². The zero-order valence-electron chi connectivity index (χ0n) is 19.5. The second-order valence-corrected chi connectivity index (χ2v) is 9.18. The fourth-order valence-corrected chi connectivity index (χ4v) is 4.44. The molecule has 0 atom stereocenters. The second-order valence-electron chi connectivity index (χ2n) is 9.18. The number of carbonyl (C=O) groups is 1. The summed E-state index contributed by atoms with van der Waals surface area (Å²) < 4.78 is 36.9. The van der Waals surface area contributed by atoms with Gasteiger partial charge in [0, 0.05) is 49.4 Å². The topological polar surface area (TPSA) is 63.5 Å². The standard InChI is InChI=1S/C26H29F2N3O3/c1-18(2)24(29-3)30-33-17-31-12-10-25(11-13-31)26(27,28)15-22-14-21(8-9-23(22)34-25)20-6-4-19(16-32)5-7-20/h4-9,14,16,18H,3,10-13,15,17H2,1-2H3/b30-24-. The number of amidine groups is 1. The fraction of sp³-hybridized carbons (Fsp3) is 0.423. The number of piperidine rings is 1. The van der Waals surface area contributed by atoms with E-state index in [1.807, 2.05) is 36.9 Å². The van der Waals surface area contributed by atoms with E-state index in [4.69, 9.17) is 9.57 Å². The average molecular weight is 470 g/mol. The van der Waals surface area contributed by atoms with Crippen molar-refractivity contribution < 1.29 is 23.1 Å². The van der Waals surface area contributed by atoms with Gasteiger partial charge in [0.2, 0.25) is 0 Å². The summed E-state index contributed by atoms with van der Waals surface area (Å²) in [7, 11) is 0. The zero-order valence-corrected chi connectivity index (χ0v) is 19.5. The lowest BCUT2D eigenvalue weighted by Crippen LogP contribution is -2.61. The summed E-state index contributed by atoms with van der Waals surface area (Å²) in [6, 6.07) is 12.4. The number of aldehydes is 1. The third-order valence-corrected chi connectivity index (χ3v) is 6.57. The summed E-state index contributed by atoms with van der Waals surface area (Å²) in [4.78, 5) is 22.0. The van der Waals surface area contributed by atoms with Crippen LogP contribution in [0.15, 0.2) is 52.6 Å². The van der Waals surface area contributed by atoms with Gasteiger partial charge in [-0.2, -0.15) is 0 Å². The molecular weight excluding hydrogens is 440 g/mol. The lowest BCUT2D eigenvalue weighted by molar-refractivity contribution is -0.199. The van der Waals surface area contributed by atoms with Crippen LogP contribution in [0, 0.1) is 5.92 Å². The quantitative estimate of drug-likeness (QED) is 0.252. The molecule has 34 heavy (non-hydrogen) atoms. The molecule has 180 valence electrons. The van der Waals surface area contributed by atoms with E-state index in [0.29, 0.717) is 35.8 Å². The predicted molar refractivity (Wildman–Crippen MR) is 128 cm³/mol. The van der Waals surface area contributed by atoms with Crippen molar-refractivity contribution in [3.8, 4) is 16.9 Å². The average Bonchev–Trinajstić information content (AvgIpc) is 2.83. The minimum Gasteiger partial charge on any atom is -0.481 e. The van der Waals surface area contributed by atoms with Crippen LogP contribution in [0.25, 0.3) is 11.1 Å². The van der Waals surface area contributed by atoms with Gasteiger partial charge in [-0.3, -0.25) is 9.69 Å². The van der Waals surface area contributed by atoms with Gasteiger partial charge in [0.05, 0.1) is 0 Å². The fourth-order valence-electron chi connectivity index (χ4n) is 4.44. The van der Waals surface area contributed by atoms with E-state index in [2.05, 4.69) is 16.9 Å². The summed E-state index contributed by atoms with van der Waals surface area (Å²) >= 11 is 0. The lowest BCUT2D eigenvalue weighted by Gasteiger charge is -2.48. The number of alkyl halides is 2. The molecule has 0 aliphatic carbocycles. The number of fused-ring (bicyclic) bond motifs is 1. The van der Waals surface area contributed by atoms with Crippen LogP contribution in [0.2, 0.25) is 0 Å². The van der Waals surface area contributed by atoms with Crippen molar-refractivity contribution in [2.24, 2.45) is 16.1 Å². The van der Waals surface area contributed by atoms with E-state index in [-0.39, 0.29) is 31.9 Å². The Labute approximate surface area is 198 Å². The lowest BCUT2D eigenvalue weighted by atomic mass is 9.79. The van der Waals surface area contributed by atoms with Crippen molar-refractivity contribution in [1.29, 1.82) is 0 Å². The molecule has 0 unspecified atom stereocenters. The number of hydrogen-bond donors (Lipinski definition) is 0. The number of hydrogen-bond acceptors (Lipinski definition) is 5. The van der Waals surface area contributed by atoms with E-state index < -0.39 is 11.5 Å². The molecule has 0 aromatic heterocycles. The highest BCUT2D eigenvalue weighted by Gasteiger charge is 2.59. The first-order valence-electron chi connectivity index (χ1n) is 11.4. The van der Waals surface area contributed by atoms with Crippen molar-refractivity contribution in [2.75, 3.05) is 19.8 Å². The third kappa shape index (κ3) is 4.73. The molecule has 2 aliphatic rings. The Balaban J connectivity index is 1.44. The molecule has 0 N–H and O–H groups in total. The van der Waals surface area contributed by atoms with Crippen LogP contribution in [-0.4, -0.2) is 55.1 Å². The molecule has 0 bridgehead atoms. The third-order valence-electron chi connectivity index (χ3n) is 6.57. The summed E-state index contributed by atoms with van der Waals surface area (Å²) in [5, 5.41) is 3.99. The number of aliphatic imine (C=N–C) groups is 1. The molecule has 0 radical (unpaired) electrons. The number of carbonyl (C=O) groups excluding carboxylic acids is 1. The van der Waals surface area contributed by atoms with E-state index in [0.717, 1.165) is 17.4 Å². The molecule has 8 heteroatoms. The van der Waals surface area contributed by atoms with Crippen LogP contribution in [-0.2, 0) is 11.3 Å². The van der Waals surface area contributed by atoms with Gasteiger partial charge in [-0.25, -0.2) is 13.8 Å². The Hall–Kier alpha value is -3.13. The van der Waals surface area contributed by atoms with Gasteiger partial charge in [0.15, 0.2) is 18.2 Å². The largest absolute Gasteiger partial charge is 0.481 e. The molecule has 1 spiro atoms. The van der Waals surface area contributed by atoms with E-state index >= 15 is 8.78 Å². The van der Waals surface area contributed by atoms with Crippen molar-refractivity contribution in [3.63, 3.8) is 0 Å². The van der Waals surface area contributed by atoms with Gasteiger partial charge in [-0.1, -0.05) is 49.3 Å². The maximum atomic E-state index is 15.4. The second kappa shape index (κ2) is 9.62. The van der Waals surface area contributed by atoms with Gasteiger partial charge in [-0.05, 0) is 30.0 Å². The summed E-state index contributed by atoms with van der Waals surface area (Å²) in [6.45, 7) is 8.40. The minimum absolute atomic E-state index is 0.0905. The highest BCUT2D eigenvalue weighted by atomic mass is 19.3. The first-order valence-corrected chi connectivity index (χ1v) is 11.4. The normalized spacial score (nSPS) is 19.4. The van der Waals surface area contributed by atoms with Gasteiger partial charge >= 0.3 is 0 Å². The van der Waals surface area contributed by atoms with Crippen molar-refractivity contribution in [1.82, 2.24) is 4.90 Å². The van der Waals surface area contributed by atoms with Crippen LogP contribution < -0.4 is 4.74 Å². The SMILES string of the molecule is C=N/C(=N\OCN1CCC2(CC1)Oc1ccc(-c3ccc(C=O)cc3)cc1CC2(F)F)C(C)C. The zero-order chi connectivity index (χ0) is 24.3. The number of ether oxygens (including phenoxy) is 1. The number of halogens is 2. The van der Waals surface area contributed by atoms with Crippen LogP contribution in [0.3, 0.4) is 0 Å². The number of benzene rings is 2. The van der Waals surface area contributed by atoms with Crippen molar-refractivity contribution in [2.45, 2.75) is 44.6 Å². The van der Waals surface area contributed by atoms with Crippen LogP contribution in [0.5, 0.6) is 5.75 Å². The Morgan fingerprint density at radius 3 is 2.47 bits per heavy atom.